The van der Waals surface area contributed by atoms with Crippen LogP contribution < -0.4 is 5.73 Å². The van der Waals surface area contributed by atoms with Gasteiger partial charge in [0.25, 0.3) is 0 Å². The molecule has 4 nitrogen and oxygen atoms in total. The Morgan fingerprint density at radius 2 is 2.53 bits per heavy atom. The molecule has 1 saturated heterocycles. The van der Waals surface area contributed by atoms with Crippen LogP contribution in [0.15, 0.2) is 18.3 Å². The van der Waals surface area contributed by atoms with Crippen LogP contribution in [-0.2, 0) is 11.3 Å². The minimum Gasteiger partial charge on any atom is -0.388 e. The van der Waals surface area contributed by atoms with Gasteiger partial charge in [-0.15, -0.1) is 0 Å². The van der Waals surface area contributed by atoms with Gasteiger partial charge in [-0.2, -0.15) is 0 Å². The van der Waals surface area contributed by atoms with Crippen molar-refractivity contribution in [1.29, 1.82) is 0 Å². The summed E-state index contributed by atoms with van der Waals surface area (Å²) in [4.78, 5) is 6.86. The fourth-order valence-corrected chi connectivity index (χ4v) is 2.24. The molecule has 0 aliphatic carbocycles. The van der Waals surface area contributed by atoms with E-state index >= 15 is 0 Å². The Morgan fingerprint density at radius 1 is 1.71 bits per heavy atom. The molecule has 2 rings (SSSR count). The highest BCUT2D eigenvalue weighted by Crippen LogP contribution is 2.15. The second kappa shape index (κ2) is 5.53. The van der Waals surface area contributed by atoms with Gasteiger partial charge in [0.1, 0.15) is 10.7 Å². The van der Waals surface area contributed by atoms with E-state index in [0.717, 1.165) is 37.4 Å². The van der Waals surface area contributed by atoms with Crippen molar-refractivity contribution in [2.24, 2.45) is 5.73 Å². The van der Waals surface area contributed by atoms with E-state index in [1.54, 1.807) is 6.20 Å². The highest BCUT2D eigenvalue weighted by molar-refractivity contribution is 7.80. The van der Waals surface area contributed by atoms with Crippen molar-refractivity contribution in [2.45, 2.75) is 19.0 Å². The number of nitrogens with zero attached hydrogens (tertiary/aromatic N) is 2. The van der Waals surface area contributed by atoms with Crippen molar-refractivity contribution < 1.29 is 4.74 Å². The summed E-state index contributed by atoms with van der Waals surface area (Å²) in [7, 11) is 2.09. The molecule has 2 heterocycles. The second-order valence-electron chi connectivity index (χ2n) is 4.31. The maximum atomic E-state index is 5.67. The van der Waals surface area contributed by atoms with Crippen LogP contribution in [0.2, 0.25) is 0 Å². The summed E-state index contributed by atoms with van der Waals surface area (Å²) in [6, 6.07) is 4.42. The number of aromatic nitrogens is 1. The van der Waals surface area contributed by atoms with Crippen LogP contribution in [-0.4, -0.2) is 41.2 Å². The van der Waals surface area contributed by atoms with Crippen molar-refractivity contribution in [3.05, 3.63) is 29.6 Å². The summed E-state index contributed by atoms with van der Waals surface area (Å²) in [6.45, 7) is 2.46. The predicted molar refractivity (Wildman–Crippen MR) is 70.8 cm³/mol. The van der Waals surface area contributed by atoms with Gasteiger partial charge in [0, 0.05) is 25.4 Å². The third-order valence-electron chi connectivity index (χ3n) is 3.07. The first kappa shape index (κ1) is 12.4. The molecule has 0 amide bonds. The lowest BCUT2D eigenvalue weighted by molar-refractivity contribution is 0.156. The number of thiocarbonyl (C=S) groups is 1. The lowest BCUT2D eigenvalue weighted by Crippen LogP contribution is -2.32. The Hall–Kier alpha value is -1.04. The molecule has 2 N–H and O–H groups in total. The number of hydrogen-bond donors (Lipinski definition) is 1. The Balaban J connectivity index is 2.09. The van der Waals surface area contributed by atoms with Gasteiger partial charge >= 0.3 is 0 Å². The zero-order valence-corrected chi connectivity index (χ0v) is 10.7. The molecule has 1 aliphatic rings. The van der Waals surface area contributed by atoms with Gasteiger partial charge in [-0.3, -0.25) is 9.88 Å². The van der Waals surface area contributed by atoms with Gasteiger partial charge in [-0.05, 0) is 25.1 Å². The summed E-state index contributed by atoms with van der Waals surface area (Å²) >= 11 is 5.01. The second-order valence-corrected chi connectivity index (χ2v) is 4.75. The van der Waals surface area contributed by atoms with E-state index in [9.17, 15) is 0 Å². The molecule has 1 aliphatic heterocycles. The quantitative estimate of drug-likeness (QED) is 0.807. The molecular weight excluding hydrogens is 234 g/mol. The monoisotopic (exact) mass is 251 g/mol. The van der Waals surface area contributed by atoms with Gasteiger partial charge in [-0.25, -0.2) is 0 Å². The molecule has 0 spiro atoms. The molecule has 1 unspecified atom stereocenters. The molecule has 0 radical (unpaired) electrons. The molecule has 0 aromatic carbocycles. The van der Waals surface area contributed by atoms with Crippen LogP contribution in [0.25, 0.3) is 0 Å². The molecule has 5 heteroatoms. The van der Waals surface area contributed by atoms with Gasteiger partial charge in [-0.1, -0.05) is 18.3 Å². The average molecular weight is 251 g/mol. The van der Waals surface area contributed by atoms with Crippen molar-refractivity contribution in [1.82, 2.24) is 9.88 Å². The van der Waals surface area contributed by atoms with Gasteiger partial charge in [0.05, 0.1) is 6.61 Å². The summed E-state index contributed by atoms with van der Waals surface area (Å²) in [5, 5.41) is 0. The van der Waals surface area contributed by atoms with Crippen LogP contribution in [0.4, 0.5) is 0 Å². The lowest BCUT2D eigenvalue weighted by atomic mass is 10.1. The maximum absolute atomic E-state index is 5.67. The topological polar surface area (TPSA) is 51.4 Å². The molecule has 92 valence electrons. The first-order chi connectivity index (χ1) is 8.18. The summed E-state index contributed by atoms with van der Waals surface area (Å²) in [5.74, 6) is 0. The zero-order chi connectivity index (χ0) is 12.3. The largest absolute Gasteiger partial charge is 0.388 e. The van der Waals surface area contributed by atoms with Gasteiger partial charge in [0.15, 0.2) is 0 Å². The van der Waals surface area contributed by atoms with E-state index < -0.39 is 0 Å². The van der Waals surface area contributed by atoms with E-state index in [0.29, 0.717) is 11.0 Å². The summed E-state index contributed by atoms with van der Waals surface area (Å²) in [5.41, 5.74) is 7.48. The van der Waals surface area contributed by atoms with E-state index in [1.165, 1.54) is 0 Å². The SMILES string of the molecule is CN(Cc1cccnc1C(N)=S)C1CCOC1. The maximum Gasteiger partial charge on any atom is 0.123 e. The Kier molecular flexibility index (Phi) is 4.04. The average Bonchev–Trinajstić information content (AvgIpc) is 2.83. The van der Waals surface area contributed by atoms with E-state index in [4.69, 9.17) is 22.7 Å². The number of rotatable bonds is 4. The van der Waals surface area contributed by atoms with Crippen LogP contribution in [0.5, 0.6) is 0 Å². The smallest absolute Gasteiger partial charge is 0.123 e. The minimum absolute atomic E-state index is 0.358. The van der Waals surface area contributed by atoms with Crippen LogP contribution >= 0.6 is 12.2 Å². The molecule has 0 saturated carbocycles. The molecule has 1 atom stereocenters. The summed E-state index contributed by atoms with van der Waals surface area (Å²) in [6.07, 6.45) is 2.80. The lowest BCUT2D eigenvalue weighted by Gasteiger charge is -2.23. The van der Waals surface area contributed by atoms with Gasteiger partial charge < -0.3 is 10.5 Å². The Bertz CT molecular complexity index is 404. The number of ether oxygens (including phenoxy) is 1. The molecule has 1 fully saturated rings. The van der Waals surface area contributed by atoms with Crippen LogP contribution in [0.3, 0.4) is 0 Å². The third kappa shape index (κ3) is 3.00. The molecule has 17 heavy (non-hydrogen) atoms. The number of likely N-dealkylation sites (N-methyl/N-ethyl adjacent to an activating group) is 1. The fraction of sp³-hybridized carbons (Fsp3) is 0.500. The first-order valence-electron chi connectivity index (χ1n) is 5.70. The third-order valence-corrected chi connectivity index (χ3v) is 3.27. The van der Waals surface area contributed by atoms with Crippen LogP contribution in [0, 0.1) is 0 Å². The zero-order valence-electron chi connectivity index (χ0n) is 9.93. The van der Waals surface area contributed by atoms with E-state index in [-0.39, 0.29) is 0 Å². The number of nitrogens with two attached hydrogens (primary N) is 1. The number of hydrogen-bond acceptors (Lipinski definition) is 4. The van der Waals surface area contributed by atoms with E-state index in [1.807, 2.05) is 12.1 Å². The van der Waals surface area contributed by atoms with Crippen molar-refractivity contribution in [2.75, 3.05) is 20.3 Å². The predicted octanol–water partition coefficient (Wildman–Crippen LogP) is 0.937. The van der Waals surface area contributed by atoms with Crippen LogP contribution in [0.1, 0.15) is 17.7 Å². The standard InChI is InChI=1S/C12H17N3OS/c1-15(10-4-6-16-8-10)7-9-3-2-5-14-11(9)12(13)17/h2-3,5,10H,4,6-8H2,1H3,(H2,13,17). The highest BCUT2D eigenvalue weighted by atomic mass is 32.1. The Labute approximate surface area is 107 Å². The fourth-order valence-electron chi connectivity index (χ4n) is 2.06. The molecule has 1 aromatic rings. The number of pyridine rings is 1. The Morgan fingerprint density at radius 3 is 3.18 bits per heavy atom. The molecule has 1 aromatic heterocycles. The normalized spacial score (nSPS) is 19.8. The van der Waals surface area contributed by atoms with Crippen molar-refractivity contribution >= 4 is 17.2 Å². The molecular formula is C12H17N3OS. The van der Waals surface area contributed by atoms with Gasteiger partial charge in [0.2, 0.25) is 0 Å². The molecule has 0 bridgehead atoms. The van der Waals surface area contributed by atoms with E-state index in [2.05, 4.69) is 16.9 Å². The summed E-state index contributed by atoms with van der Waals surface area (Å²) < 4.78 is 5.39. The highest BCUT2D eigenvalue weighted by Gasteiger charge is 2.21. The first-order valence-corrected chi connectivity index (χ1v) is 6.11. The minimum atomic E-state index is 0.358. The van der Waals surface area contributed by atoms with Crippen molar-refractivity contribution in [3.8, 4) is 0 Å². The van der Waals surface area contributed by atoms with Crippen molar-refractivity contribution in [3.63, 3.8) is 0 Å².